The maximum absolute atomic E-state index is 13.3. The molecular formula is C15H19F2N3O. The number of carbonyl (C=O) groups is 1. The quantitative estimate of drug-likeness (QED) is 0.864. The monoisotopic (exact) mass is 295 g/mol. The first kappa shape index (κ1) is 14.3. The molecule has 1 amide bonds. The molecule has 2 aliphatic rings. The minimum absolute atomic E-state index is 0.0145. The van der Waals surface area contributed by atoms with Crippen molar-refractivity contribution in [3.8, 4) is 0 Å². The average Bonchev–Trinajstić information content (AvgIpc) is 3.27. The van der Waals surface area contributed by atoms with Gasteiger partial charge in [-0.15, -0.1) is 0 Å². The summed E-state index contributed by atoms with van der Waals surface area (Å²) in [6.07, 6.45) is 2.62. The topological polar surface area (TPSA) is 49.6 Å². The standard InChI is InChI=1S/C15H19F2N3O/c16-12-7-11(14(18)8-13(12)17)15(21)20-5-3-19(4-6-20)9-10-1-2-10/h7-8,10H,1-6,9,18H2. The lowest BCUT2D eigenvalue weighted by molar-refractivity contribution is 0.0632. The Balaban J connectivity index is 1.64. The summed E-state index contributed by atoms with van der Waals surface area (Å²) in [5.74, 6) is -1.57. The normalized spacial score (nSPS) is 19.8. The van der Waals surface area contributed by atoms with Crippen molar-refractivity contribution in [2.75, 3.05) is 38.5 Å². The Labute approximate surface area is 122 Å². The fraction of sp³-hybridized carbons (Fsp3) is 0.533. The molecular weight excluding hydrogens is 276 g/mol. The summed E-state index contributed by atoms with van der Waals surface area (Å²) in [4.78, 5) is 16.4. The maximum Gasteiger partial charge on any atom is 0.256 e. The van der Waals surface area contributed by atoms with E-state index in [0.717, 1.165) is 37.7 Å². The predicted octanol–water partition coefficient (Wildman–Crippen LogP) is 1.71. The molecule has 0 spiro atoms. The third kappa shape index (κ3) is 3.15. The number of benzene rings is 1. The van der Waals surface area contributed by atoms with Crippen LogP contribution in [0.25, 0.3) is 0 Å². The number of amides is 1. The molecule has 1 aliphatic heterocycles. The van der Waals surface area contributed by atoms with Crippen molar-refractivity contribution in [1.82, 2.24) is 9.80 Å². The van der Waals surface area contributed by atoms with E-state index in [1.54, 1.807) is 4.90 Å². The number of hydrogen-bond donors (Lipinski definition) is 1. The van der Waals surface area contributed by atoms with E-state index in [1.165, 1.54) is 12.8 Å². The Bertz CT molecular complexity index is 552. The van der Waals surface area contributed by atoms with Gasteiger partial charge in [0, 0.05) is 44.5 Å². The van der Waals surface area contributed by atoms with Crippen LogP contribution in [0.1, 0.15) is 23.2 Å². The predicted molar refractivity (Wildman–Crippen MR) is 75.8 cm³/mol. The lowest BCUT2D eigenvalue weighted by Crippen LogP contribution is -2.49. The molecule has 3 rings (SSSR count). The highest BCUT2D eigenvalue weighted by atomic mass is 19.2. The van der Waals surface area contributed by atoms with Gasteiger partial charge in [0.1, 0.15) is 0 Å². The van der Waals surface area contributed by atoms with Gasteiger partial charge in [-0.3, -0.25) is 9.69 Å². The van der Waals surface area contributed by atoms with Crippen LogP contribution in [0.3, 0.4) is 0 Å². The Hall–Kier alpha value is -1.69. The van der Waals surface area contributed by atoms with Crippen LogP contribution in [0, 0.1) is 17.6 Å². The first-order chi connectivity index (χ1) is 10.0. The molecule has 1 saturated carbocycles. The van der Waals surface area contributed by atoms with Crippen LogP contribution in [-0.4, -0.2) is 48.4 Å². The van der Waals surface area contributed by atoms with Crippen molar-refractivity contribution >= 4 is 11.6 Å². The van der Waals surface area contributed by atoms with Gasteiger partial charge in [0.05, 0.1) is 5.56 Å². The molecule has 1 heterocycles. The second-order valence-electron chi connectivity index (χ2n) is 5.89. The number of hydrogen-bond acceptors (Lipinski definition) is 3. The lowest BCUT2D eigenvalue weighted by Gasteiger charge is -2.35. The highest BCUT2D eigenvalue weighted by Gasteiger charge is 2.28. The number of nitrogens with zero attached hydrogens (tertiary/aromatic N) is 2. The van der Waals surface area contributed by atoms with Crippen molar-refractivity contribution in [2.24, 2.45) is 5.92 Å². The molecule has 4 nitrogen and oxygen atoms in total. The van der Waals surface area contributed by atoms with E-state index < -0.39 is 11.6 Å². The van der Waals surface area contributed by atoms with E-state index in [0.29, 0.717) is 13.1 Å². The molecule has 1 aromatic carbocycles. The minimum atomic E-state index is -1.04. The maximum atomic E-state index is 13.3. The smallest absolute Gasteiger partial charge is 0.256 e. The number of halogens is 2. The van der Waals surface area contributed by atoms with E-state index in [4.69, 9.17) is 5.73 Å². The lowest BCUT2D eigenvalue weighted by atomic mass is 10.1. The summed E-state index contributed by atoms with van der Waals surface area (Å²) in [5, 5.41) is 0. The van der Waals surface area contributed by atoms with E-state index in [1.807, 2.05) is 0 Å². The molecule has 1 aromatic rings. The first-order valence-corrected chi connectivity index (χ1v) is 7.30. The second-order valence-corrected chi connectivity index (χ2v) is 5.89. The van der Waals surface area contributed by atoms with Crippen LogP contribution >= 0.6 is 0 Å². The Morgan fingerprint density at radius 1 is 1.14 bits per heavy atom. The Morgan fingerprint density at radius 3 is 2.38 bits per heavy atom. The van der Waals surface area contributed by atoms with Crippen LogP contribution in [0.2, 0.25) is 0 Å². The van der Waals surface area contributed by atoms with Crippen molar-refractivity contribution in [2.45, 2.75) is 12.8 Å². The zero-order chi connectivity index (χ0) is 15.0. The first-order valence-electron chi connectivity index (χ1n) is 7.30. The van der Waals surface area contributed by atoms with Crippen LogP contribution in [0.5, 0.6) is 0 Å². The average molecular weight is 295 g/mol. The molecule has 21 heavy (non-hydrogen) atoms. The summed E-state index contributed by atoms with van der Waals surface area (Å²) in [7, 11) is 0. The van der Waals surface area contributed by atoms with Gasteiger partial charge in [-0.1, -0.05) is 0 Å². The molecule has 0 atom stereocenters. The molecule has 6 heteroatoms. The fourth-order valence-electron chi connectivity index (χ4n) is 2.72. The van der Waals surface area contributed by atoms with Gasteiger partial charge in [0.2, 0.25) is 0 Å². The summed E-state index contributed by atoms with van der Waals surface area (Å²) in [6, 6.07) is 1.76. The zero-order valence-corrected chi connectivity index (χ0v) is 11.8. The Morgan fingerprint density at radius 2 is 1.76 bits per heavy atom. The number of nitrogens with two attached hydrogens (primary N) is 1. The second kappa shape index (κ2) is 5.60. The van der Waals surface area contributed by atoms with E-state index in [9.17, 15) is 13.6 Å². The van der Waals surface area contributed by atoms with Crippen molar-refractivity contribution in [1.29, 1.82) is 0 Å². The van der Waals surface area contributed by atoms with E-state index in [2.05, 4.69) is 4.90 Å². The van der Waals surface area contributed by atoms with Crippen LogP contribution in [-0.2, 0) is 0 Å². The third-order valence-corrected chi connectivity index (χ3v) is 4.20. The summed E-state index contributed by atoms with van der Waals surface area (Å²) < 4.78 is 26.3. The number of nitrogen functional groups attached to an aromatic ring is 1. The zero-order valence-electron chi connectivity index (χ0n) is 11.8. The largest absolute Gasteiger partial charge is 0.398 e. The summed E-state index contributed by atoms with van der Waals surface area (Å²) >= 11 is 0. The van der Waals surface area contributed by atoms with Crippen molar-refractivity contribution in [3.63, 3.8) is 0 Å². The van der Waals surface area contributed by atoms with Gasteiger partial charge >= 0.3 is 0 Å². The molecule has 0 bridgehead atoms. The molecule has 1 saturated heterocycles. The minimum Gasteiger partial charge on any atom is -0.398 e. The molecule has 0 unspecified atom stereocenters. The molecule has 2 N–H and O–H groups in total. The van der Waals surface area contributed by atoms with Gasteiger partial charge in [0.15, 0.2) is 11.6 Å². The van der Waals surface area contributed by atoms with Crippen LogP contribution in [0.4, 0.5) is 14.5 Å². The Kier molecular flexibility index (Phi) is 3.80. The number of piperazine rings is 1. The third-order valence-electron chi connectivity index (χ3n) is 4.20. The summed E-state index contributed by atoms with van der Waals surface area (Å²) in [5.41, 5.74) is 5.67. The van der Waals surface area contributed by atoms with Crippen molar-refractivity contribution in [3.05, 3.63) is 29.3 Å². The van der Waals surface area contributed by atoms with Crippen LogP contribution in [0.15, 0.2) is 12.1 Å². The van der Waals surface area contributed by atoms with Crippen LogP contribution < -0.4 is 5.73 Å². The summed E-state index contributed by atoms with van der Waals surface area (Å²) in [6.45, 7) is 3.96. The highest BCUT2D eigenvalue weighted by molar-refractivity contribution is 5.99. The fourth-order valence-corrected chi connectivity index (χ4v) is 2.72. The number of rotatable bonds is 3. The molecule has 0 radical (unpaired) electrons. The van der Waals surface area contributed by atoms with Crippen molar-refractivity contribution < 1.29 is 13.6 Å². The van der Waals surface area contributed by atoms with E-state index in [-0.39, 0.29) is 17.2 Å². The number of carbonyl (C=O) groups excluding carboxylic acids is 1. The van der Waals surface area contributed by atoms with Gasteiger partial charge in [-0.2, -0.15) is 0 Å². The molecule has 0 aromatic heterocycles. The highest BCUT2D eigenvalue weighted by Crippen LogP contribution is 2.30. The molecule has 1 aliphatic carbocycles. The number of anilines is 1. The molecule has 114 valence electrons. The molecule has 2 fully saturated rings. The van der Waals surface area contributed by atoms with Gasteiger partial charge < -0.3 is 10.6 Å². The van der Waals surface area contributed by atoms with E-state index >= 15 is 0 Å². The SMILES string of the molecule is Nc1cc(F)c(F)cc1C(=O)N1CCN(CC2CC2)CC1. The van der Waals surface area contributed by atoms with Gasteiger partial charge in [-0.25, -0.2) is 8.78 Å². The van der Waals surface area contributed by atoms with Gasteiger partial charge in [-0.05, 0) is 24.8 Å². The van der Waals surface area contributed by atoms with Gasteiger partial charge in [0.25, 0.3) is 5.91 Å².